The molecule has 0 saturated heterocycles. The summed E-state index contributed by atoms with van der Waals surface area (Å²) in [6.45, 7) is 10.6. The molecule has 0 heterocycles. The number of nitrogens with one attached hydrogen (secondary N) is 1. The summed E-state index contributed by atoms with van der Waals surface area (Å²) in [6, 6.07) is 30.5. The first kappa shape index (κ1) is 21.0. The van der Waals surface area contributed by atoms with Crippen molar-refractivity contribution in [3.8, 4) is 11.1 Å². The van der Waals surface area contributed by atoms with Gasteiger partial charge in [0.05, 0.1) is 0 Å². The van der Waals surface area contributed by atoms with Crippen LogP contribution in [0.3, 0.4) is 0 Å². The van der Waals surface area contributed by atoms with Gasteiger partial charge in [0.25, 0.3) is 0 Å². The topological polar surface area (TPSA) is 12.0 Å². The van der Waals surface area contributed by atoms with Crippen LogP contribution in [0.5, 0.6) is 0 Å². The highest BCUT2D eigenvalue weighted by Crippen LogP contribution is 2.50. The molecule has 1 N–H and O–H groups in total. The molecule has 0 aromatic heterocycles. The van der Waals surface area contributed by atoms with Crippen molar-refractivity contribution in [1.29, 1.82) is 0 Å². The van der Waals surface area contributed by atoms with E-state index in [1.165, 1.54) is 44.2 Å². The third-order valence-corrected chi connectivity index (χ3v) is 6.79. The lowest BCUT2D eigenvalue weighted by Crippen LogP contribution is -2.15. The normalized spacial score (nSPS) is 16.8. The first-order chi connectivity index (χ1) is 16.0. The van der Waals surface area contributed by atoms with Crippen LogP contribution in [0.25, 0.3) is 27.5 Å². The molecule has 0 fully saturated rings. The van der Waals surface area contributed by atoms with Crippen LogP contribution in [-0.4, -0.2) is 0 Å². The van der Waals surface area contributed by atoms with Gasteiger partial charge in [-0.15, -0.1) is 0 Å². The maximum absolute atomic E-state index is 3.92. The third kappa shape index (κ3) is 3.60. The van der Waals surface area contributed by atoms with Gasteiger partial charge in [-0.1, -0.05) is 99.3 Å². The van der Waals surface area contributed by atoms with E-state index in [1.807, 2.05) is 6.08 Å². The van der Waals surface area contributed by atoms with Crippen LogP contribution in [0.2, 0.25) is 0 Å². The lowest BCUT2D eigenvalue weighted by molar-refractivity contribution is 0.660. The van der Waals surface area contributed by atoms with Crippen molar-refractivity contribution < 1.29 is 0 Å². The van der Waals surface area contributed by atoms with Crippen molar-refractivity contribution in [2.24, 2.45) is 0 Å². The minimum Gasteiger partial charge on any atom is -0.356 e. The highest BCUT2D eigenvalue weighted by molar-refractivity contribution is 5.97. The van der Waals surface area contributed by atoms with E-state index in [9.17, 15) is 0 Å². The summed E-state index contributed by atoms with van der Waals surface area (Å²) >= 11 is 0. The van der Waals surface area contributed by atoms with E-state index in [4.69, 9.17) is 0 Å². The Hall–Kier alpha value is -3.84. The molecule has 0 atom stereocenters. The second-order valence-corrected chi connectivity index (χ2v) is 9.13. The second kappa shape index (κ2) is 8.26. The van der Waals surface area contributed by atoms with Gasteiger partial charge < -0.3 is 5.32 Å². The fourth-order valence-electron chi connectivity index (χ4n) is 5.19. The van der Waals surface area contributed by atoms with E-state index in [2.05, 4.69) is 130 Å². The molecule has 0 unspecified atom stereocenters. The van der Waals surface area contributed by atoms with Crippen LogP contribution in [0.4, 0.5) is 11.4 Å². The molecule has 1 aliphatic rings. The first-order valence-corrected chi connectivity index (χ1v) is 11.5. The Labute approximate surface area is 196 Å². The lowest BCUT2D eigenvalue weighted by atomic mass is 9.82. The number of benzene rings is 4. The SMILES string of the molecule is C=C/C=C1\C(=C/C)C(C)(C)c2cc(Nc3ccc(-c4cccc5ccccc45)cc3)ccc21. The average Bonchev–Trinajstić information content (AvgIpc) is 3.05. The molecular formula is C32H29N. The van der Waals surface area contributed by atoms with Gasteiger partial charge in [0, 0.05) is 16.8 Å². The monoisotopic (exact) mass is 427 g/mol. The van der Waals surface area contributed by atoms with E-state index in [1.54, 1.807) is 0 Å². The Morgan fingerprint density at radius 1 is 0.788 bits per heavy atom. The van der Waals surface area contributed by atoms with Gasteiger partial charge in [0.15, 0.2) is 0 Å². The molecule has 0 amide bonds. The Balaban J connectivity index is 1.46. The van der Waals surface area contributed by atoms with Gasteiger partial charge in [-0.25, -0.2) is 0 Å². The quantitative estimate of drug-likeness (QED) is 0.342. The molecule has 1 heteroatoms. The number of anilines is 2. The first-order valence-electron chi connectivity index (χ1n) is 11.5. The van der Waals surface area contributed by atoms with Crippen molar-refractivity contribution in [2.75, 3.05) is 5.32 Å². The van der Waals surface area contributed by atoms with Gasteiger partial charge in [-0.2, -0.15) is 0 Å². The molecule has 1 nitrogen and oxygen atoms in total. The molecule has 4 aromatic carbocycles. The van der Waals surface area contributed by atoms with Crippen LogP contribution in [0, 0.1) is 0 Å². The zero-order valence-corrected chi connectivity index (χ0v) is 19.5. The van der Waals surface area contributed by atoms with Crippen LogP contribution >= 0.6 is 0 Å². The van der Waals surface area contributed by atoms with Crippen LogP contribution in [0.1, 0.15) is 31.9 Å². The van der Waals surface area contributed by atoms with E-state index >= 15 is 0 Å². The highest BCUT2D eigenvalue weighted by atomic mass is 14.9. The molecule has 0 spiro atoms. The van der Waals surface area contributed by atoms with Crippen molar-refractivity contribution in [3.05, 3.63) is 126 Å². The van der Waals surface area contributed by atoms with Crippen LogP contribution in [0.15, 0.2) is 115 Å². The third-order valence-electron chi connectivity index (χ3n) is 6.79. The van der Waals surface area contributed by atoms with Crippen LogP contribution in [-0.2, 0) is 5.41 Å². The Bertz CT molecular complexity index is 1410. The van der Waals surface area contributed by atoms with Crippen molar-refractivity contribution >= 4 is 27.7 Å². The molecule has 1 aliphatic carbocycles. The molecule has 162 valence electrons. The summed E-state index contributed by atoms with van der Waals surface area (Å²) in [4.78, 5) is 0. The Morgan fingerprint density at radius 3 is 2.27 bits per heavy atom. The maximum atomic E-state index is 3.92. The Morgan fingerprint density at radius 2 is 1.52 bits per heavy atom. The van der Waals surface area contributed by atoms with E-state index in [0.717, 1.165) is 11.4 Å². The van der Waals surface area contributed by atoms with Crippen LogP contribution < -0.4 is 5.32 Å². The summed E-state index contributed by atoms with van der Waals surface area (Å²) in [7, 11) is 0. The maximum Gasteiger partial charge on any atom is 0.0387 e. The second-order valence-electron chi connectivity index (χ2n) is 9.13. The predicted octanol–water partition coefficient (Wildman–Crippen LogP) is 9.06. The predicted molar refractivity (Wildman–Crippen MR) is 144 cm³/mol. The molecule has 0 radical (unpaired) electrons. The average molecular weight is 428 g/mol. The standard InChI is InChI=1S/C32H29N/c1-5-10-28-29-20-19-25(21-31(29)32(3,4)30(28)6-2)33-24-17-15-23(16-18-24)27-14-9-12-22-11-7-8-13-26(22)27/h5-21,33H,1H2,2-4H3/b28-10-,30-6+. The van der Waals surface area contributed by atoms with Gasteiger partial charge in [-0.3, -0.25) is 0 Å². The zero-order valence-electron chi connectivity index (χ0n) is 19.5. The van der Waals surface area contributed by atoms with E-state index in [-0.39, 0.29) is 5.41 Å². The molecule has 0 saturated carbocycles. The minimum atomic E-state index is -0.0329. The fourth-order valence-corrected chi connectivity index (χ4v) is 5.19. The van der Waals surface area contributed by atoms with Crippen molar-refractivity contribution in [3.63, 3.8) is 0 Å². The molecule has 0 aliphatic heterocycles. The summed E-state index contributed by atoms with van der Waals surface area (Å²) in [6.07, 6.45) is 6.24. The number of allylic oxidation sites excluding steroid dienone is 5. The molecule has 0 bridgehead atoms. The molecular weight excluding hydrogens is 398 g/mol. The van der Waals surface area contributed by atoms with Gasteiger partial charge in [0.2, 0.25) is 0 Å². The summed E-state index contributed by atoms with van der Waals surface area (Å²) in [5, 5.41) is 6.16. The zero-order chi connectivity index (χ0) is 23.0. The largest absolute Gasteiger partial charge is 0.356 e. The van der Waals surface area contributed by atoms with Gasteiger partial charge >= 0.3 is 0 Å². The summed E-state index contributed by atoms with van der Waals surface area (Å²) in [5.41, 5.74) is 9.93. The number of hydrogen-bond donors (Lipinski definition) is 1. The molecule has 5 rings (SSSR count). The van der Waals surface area contributed by atoms with E-state index in [0.29, 0.717) is 0 Å². The van der Waals surface area contributed by atoms with Crippen molar-refractivity contribution in [1.82, 2.24) is 0 Å². The van der Waals surface area contributed by atoms with Gasteiger partial charge in [-0.05, 0) is 75.4 Å². The lowest BCUT2D eigenvalue weighted by Gasteiger charge is -2.22. The van der Waals surface area contributed by atoms with Gasteiger partial charge in [0.1, 0.15) is 0 Å². The summed E-state index contributed by atoms with van der Waals surface area (Å²) < 4.78 is 0. The molecule has 4 aromatic rings. The fraction of sp³-hybridized carbons (Fsp3) is 0.125. The smallest absolute Gasteiger partial charge is 0.0387 e. The summed E-state index contributed by atoms with van der Waals surface area (Å²) in [5.74, 6) is 0. The Kier molecular flexibility index (Phi) is 5.26. The highest BCUT2D eigenvalue weighted by Gasteiger charge is 2.37. The van der Waals surface area contributed by atoms with Crippen molar-refractivity contribution in [2.45, 2.75) is 26.2 Å². The number of fused-ring (bicyclic) bond motifs is 2. The number of hydrogen-bond acceptors (Lipinski definition) is 1. The number of rotatable bonds is 4. The van der Waals surface area contributed by atoms with E-state index < -0.39 is 0 Å². The minimum absolute atomic E-state index is 0.0329. The molecule has 33 heavy (non-hydrogen) atoms.